The van der Waals surface area contributed by atoms with E-state index in [1.165, 1.54) is 19.2 Å². The molecule has 0 saturated heterocycles. The quantitative estimate of drug-likeness (QED) is 0.774. The normalized spacial score (nSPS) is 14.8. The lowest BCUT2D eigenvalue weighted by molar-refractivity contribution is 0.255. The molecule has 0 saturated carbocycles. The highest BCUT2D eigenvalue weighted by molar-refractivity contribution is 7.90. The van der Waals surface area contributed by atoms with Gasteiger partial charge in [0.25, 0.3) is 10.0 Å². The average molecular weight is 390 g/mol. The SMILES string of the molecule is COc1ccc(CN2CN=C(NS(=O)(=O)c3ccc(OC)cc3)NC2)cc1. The minimum Gasteiger partial charge on any atom is -0.497 e. The Hall–Kier alpha value is -2.78. The highest BCUT2D eigenvalue weighted by atomic mass is 32.2. The second-order valence-corrected chi connectivity index (χ2v) is 7.62. The Morgan fingerprint density at radius 3 is 2.15 bits per heavy atom. The van der Waals surface area contributed by atoms with E-state index in [1.807, 2.05) is 29.2 Å². The molecule has 0 radical (unpaired) electrons. The molecule has 144 valence electrons. The summed E-state index contributed by atoms with van der Waals surface area (Å²) in [6.45, 7) is 1.56. The van der Waals surface area contributed by atoms with Gasteiger partial charge in [-0.25, -0.2) is 18.1 Å². The number of rotatable bonds is 6. The van der Waals surface area contributed by atoms with E-state index in [9.17, 15) is 8.42 Å². The Kier molecular flexibility index (Phi) is 5.82. The van der Waals surface area contributed by atoms with Crippen LogP contribution in [0.15, 0.2) is 58.4 Å². The predicted molar refractivity (Wildman–Crippen MR) is 102 cm³/mol. The molecule has 2 aromatic carbocycles. The number of guanidine groups is 1. The minimum atomic E-state index is -3.70. The Morgan fingerprint density at radius 1 is 1.04 bits per heavy atom. The summed E-state index contributed by atoms with van der Waals surface area (Å²) >= 11 is 0. The van der Waals surface area contributed by atoms with Gasteiger partial charge in [0.2, 0.25) is 5.96 Å². The van der Waals surface area contributed by atoms with Crippen LogP contribution in [0.4, 0.5) is 0 Å². The van der Waals surface area contributed by atoms with E-state index in [-0.39, 0.29) is 10.9 Å². The zero-order chi connectivity index (χ0) is 19.3. The molecule has 2 aromatic rings. The van der Waals surface area contributed by atoms with Crippen LogP contribution < -0.4 is 19.5 Å². The van der Waals surface area contributed by atoms with Crippen LogP contribution in [-0.4, -0.2) is 46.8 Å². The minimum absolute atomic E-state index is 0.147. The maximum Gasteiger partial charge on any atom is 0.264 e. The number of aliphatic imine (C=N–C) groups is 1. The fourth-order valence-corrected chi connectivity index (χ4v) is 3.57. The third-order valence-corrected chi connectivity index (χ3v) is 5.42. The van der Waals surface area contributed by atoms with Gasteiger partial charge in [-0.3, -0.25) is 4.90 Å². The molecule has 9 heteroatoms. The molecule has 1 heterocycles. The summed E-state index contributed by atoms with van der Waals surface area (Å²) in [5.41, 5.74) is 1.12. The summed E-state index contributed by atoms with van der Waals surface area (Å²) < 4.78 is 37.5. The van der Waals surface area contributed by atoms with Gasteiger partial charge in [0, 0.05) is 6.54 Å². The molecule has 0 fully saturated rings. The monoisotopic (exact) mass is 390 g/mol. The van der Waals surface area contributed by atoms with Crippen LogP contribution in [0.5, 0.6) is 11.5 Å². The second kappa shape index (κ2) is 8.28. The van der Waals surface area contributed by atoms with Gasteiger partial charge in [0.1, 0.15) is 11.5 Å². The van der Waals surface area contributed by atoms with Gasteiger partial charge in [-0.15, -0.1) is 0 Å². The van der Waals surface area contributed by atoms with Crippen molar-refractivity contribution in [1.29, 1.82) is 0 Å². The van der Waals surface area contributed by atoms with Crippen molar-refractivity contribution >= 4 is 16.0 Å². The van der Waals surface area contributed by atoms with E-state index in [0.29, 0.717) is 25.6 Å². The first kappa shape index (κ1) is 19.0. The van der Waals surface area contributed by atoms with Crippen molar-refractivity contribution < 1.29 is 17.9 Å². The van der Waals surface area contributed by atoms with Crippen molar-refractivity contribution in [3.63, 3.8) is 0 Å². The zero-order valence-electron chi connectivity index (χ0n) is 15.2. The van der Waals surface area contributed by atoms with Crippen molar-refractivity contribution in [3.05, 3.63) is 54.1 Å². The van der Waals surface area contributed by atoms with Gasteiger partial charge in [-0.05, 0) is 42.0 Å². The summed E-state index contributed by atoms with van der Waals surface area (Å²) in [5, 5.41) is 3.00. The molecule has 1 aliphatic heterocycles. The molecule has 0 aliphatic carbocycles. The molecular formula is C18H22N4O4S. The van der Waals surface area contributed by atoms with E-state index in [1.54, 1.807) is 19.2 Å². The lowest BCUT2D eigenvalue weighted by atomic mass is 10.2. The summed E-state index contributed by atoms with van der Waals surface area (Å²) in [6.07, 6.45) is 0. The van der Waals surface area contributed by atoms with Crippen molar-refractivity contribution in [3.8, 4) is 11.5 Å². The van der Waals surface area contributed by atoms with Gasteiger partial charge in [0.05, 0.1) is 32.5 Å². The molecule has 0 aromatic heterocycles. The maximum absolute atomic E-state index is 12.4. The molecule has 8 nitrogen and oxygen atoms in total. The first-order valence-corrected chi connectivity index (χ1v) is 9.79. The molecule has 1 aliphatic rings. The average Bonchev–Trinajstić information content (AvgIpc) is 2.70. The van der Waals surface area contributed by atoms with Gasteiger partial charge >= 0.3 is 0 Å². The van der Waals surface area contributed by atoms with Crippen LogP contribution in [-0.2, 0) is 16.6 Å². The lowest BCUT2D eigenvalue weighted by Gasteiger charge is -2.27. The standard InChI is InChI=1S/C18H22N4O4S/c1-25-15-5-3-14(4-6-15)11-22-12-19-18(20-13-22)21-27(23,24)17-9-7-16(26-2)8-10-17/h3-10H,11-13H2,1-2H3,(H2,19,20,21). The first-order chi connectivity index (χ1) is 13.0. The second-order valence-electron chi connectivity index (χ2n) is 5.94. The number of ether oxygens (including phenoxy) is 2. The summed E-state index contributed by atoms with van der Waals surface area (Å²) in [6, 6.07) is 14.0. The van der Waals surface area contributed by atoms with Gasteiger partial charge in [-0.2, -0.15) is 0 Å². The fourth-order valence-electron chi connectivity index (χ4n) is 2.57. The van der Waals surface area contributed by atoms with Gasteiger partial charge < -0.3 is 14.8 Å². The smallest absolute Gasteiger partial charge is 0.264 e. The van der Waals surface area contributed by atoms with E-state index < -0.39 is 10.0 Å². The van der Waals surface area contributed by atoms with E-state index in [4.69, 9.17) is 9.47 Å². The molecule has 27 heavy (non-hydrogen) atoms. The molecule has 3 rings (SSSR count). The van der Waals surface area contributed by atoms with Crippen LogP contribution in [0.1, 0.15) is 5.56 Å². The van der Waals surface area contributed by atoms with Crippen molar-refractivity contribution in [1.82, 2.24) is 14.9 Å². The Bertz CT molecular complexity index is 896. The van der Waals surface area contributed by atoms with Crippen LogP contribution in [0, 0.1) is 0 Å². The van der Waals surface area contributed by atoms with Crippen LogP contribution >= 0.6 is 0 Å². The highest BCUT2D eigenvalue weighted by Crippen LogP contribution is 2.16. The predicted octanol–water partition coefficient (Wildman–Crippen LogP) is 1.36. The maximum atomic E-state index is 12.4. The topological polar surface area (TPSA) is 92.3 Å². The fraction of sp³-hybridized carbons (Fsp3) is 0.278. The number of nitrogens with zero attached hydrogens (tertiary/aromatic N) is 2. The van der Waals surface area contributed by atoms with Crippen molar-refractivity contribution in [2.75, 3.05) is 27.6 Å². The summed E-state index contributed by atoms with van der Waals surface area (Å²) in [4.78, 5) is 6.47. The molecule has 0 spiro atoms. The van der Waals surface area contributed by atoms with Gasteiger partial charge in [-0.1, -0.05) is 12.1 Å². The van der Waals surface area contributed by atoms with Crippen LogP contribution in [0.25, 0.3) is 0 Å². The van der Waals surface area contributed by atoms with E-state index >= 15 is 0 Å². The largest absolute Gasteiger partial charge is 0.497 e. The Morgan fingerprint density at radius 2 is 1.63 bits per heavy atom. The third-order valence-electron chi connectivity index (χ3n) is 4.06. The van der Waals surface area contributed by atoms with Crippen LogP contribution in [0.3, 0.4) is 0 Å². The third kappa shape index (κ3) is 4.89. The van der Waals surface area contributed by atoms with Gasteiger partial charge in [0.15, 0.2) is 0 Å². The number of hydrogen-bond donors (Lipinski definition) is 2. The van der Waals surface area contributed by atoms with Crippen molar-refractivity contribution in [2.24, 2.45) is 4.99 Å². The Labute approximate surface area is 158 Å². The van der Waals surface area contributed by atoms with E-state index in [2.05, 4.69) is 15.0 Å². The number of hydrogen-bond acceptors (Lipinski definition) is 7. The molecule has 0 unspecified atom stereocenters. The first-order valence-electron chi connectivity index (χ1n) is 8.30. The molecule has 0 atom stereocenters. The number of methoxy groups -OCH3 is 2. The summed E-state index contributed by atoms with van der Waals surface area (Å²) in [7, 11) is -0.541. The lowest BCUT2D eigenvalue weighted by Crippen LogP contribution is -2.49. The molecule has 2 N–H and O–H groups in total. The zero-order valence-corrected chi connectivity index (χ0v) is 16.0. The number of sulfonamides is 1. The Balaban J connectivity index is 1.59. The molecule has 0 bridgehead atoms. The summed E-state index contributed by atoms with van der Waals surface area (Å²) in [5.74, 6) is 1.64. The van der Waals surface area contributed by atoms with E-state index in [0.717, 1.165) is 11.3 Å². The van der Waals surface area contributed by atoms with Crippen molar-refractivity contribution in [2.45, 2.75) is 11.4 Å². The van der Waals surface area contributed by atoms with Crippen LogP contribution in [0.2, 0.25) is 0 Å². The number of benzene rings is 2. The highest BCUT2D eigenvalue weighted by Gasteiger charge is 2.19. The molecule has 0 amide bonds. The molecular weight excluding hydrogens is 368 g/mol. The number of nitrogens with one attached hydrogen (secondary N) is 2.